The van der Waals surface area contributed by atoms with Crippen LogP contribution in [0.25, 0.3) is 0 Å². The lowest BCUT2D eigenvalue weighted by atomic mass is 9.97. The molecule has 31 heavy (non-hydrogen) atoms. The maximum absolute atomic E-state index is 13.0. The highest BCUT2D eigenvalue weighted by atomic mass is 32.2. The van der Waals surface area contributed by atoms with E-state index in [1.165, 1.54) is 4.31 Å². The van der Waals surface area contributed by atoms with Gasteiger partial charge in [-0.1, -0.05) is 13.3 Å². The third-order valence-electron chi connectivity index (χ3n) is 6.46. The van der Waals surface area contributed by atoms with E-state index < -0.39 is 21.8 Å². The van der Waals surface area contributed by atoms with E-state index in [1.54, 1.807) is 0 Å². The molecular weight excluding hydrogens is 431 g/mol. The summed E-state index contributed by atoms with van der Waals surface area (Å²) in [7, 11) is -0.155. The van der Waals surface area contributed by atoms with Crippen LogP contribution in [0, 0.1) is 11.8 Å². The molecule has 0 radical (unpaired) electrons. The van der Waals surface area contributed by atoms with Crippen LogP contribution in [-0.4, -0.2) is 62.8 Å². The summed E-state index contributed by atoms with van der Waals surface area (Å²) in [6.45, 7) is 2.61. The molecule has 1 amide bonds. The summed E-state index contributed by atoms with van der Waals surface area (Å²) in [6, 6.07) is 3.29. The molecule has 3 rings (SSSR count). The van der Waals surface area contributed by atoms with Gasteiger partial charge in [-0.3, -0.25) is 9.69 Å². The van der Waals surface area contributed by atoms with Crippen molar-refractivity contribution in [1.29, 1.82) is 0 Å². The Morgan fingerprint density at radius 3 is 2.39 bits per heavy atom. The summed E-state index contributed by atoms with van der Waals surface area (Å²) in [5, 5.41) is 3.13. The number of rotatable bonds is 7. The van der Waals surface area contributed by atoms with Gasteiger partial charge in [0.1, 0.15) is 0 Å². The Labute approximate surface area is 181 Å². The average molecular weight is 462 g/mol. The predicted molar refractivity (Wildman–Crippen MR) is 111 cm³/mol. The molecule has 1 saturated carbocycles. The summed E-state index contributed by atoms with van der Waals surface area (Å²) in [5.41, 5.74) is -0.880. The van der Waals surface area contributed by atoms with Crippen LogP contribution in [0.1, 0.15) is 38.2 Å². The number of halogens is 3. The molecule has 1 aliphatic carbocycles. The number of carbonyl (C=O) groups is 1. The van der Waals surface area contributed by atoms with Crippen molar-refractivity contribution in [3.05, 3.63) is 29.8 Å². The zero-order valence-electron chi connectivity index (χ0n) is 18.0. The number of nitrogens with one attached hydrogen (secondary N) is 1. The summed E-state index contributed by atoms with van der Waals surface area (Å²) < 4.78 is 65.7. The first-order chi connectivity index (χ1) is 14.4. The third kappa shape index (κ3) is 5.06. The smallest absolute Gasteiger partial charge is 0.352 e. The SMILES string of the molecule is CCC[C@@H](C(=O)N[C@H]1CC[C@@H]2CN(S(=O)(=O)c3ccc(C(F)(F)F)cc3)C[C@@H]21)N(C)C. The van der Waals surface area contributed by atoms with Gasteiger partial charge in [0.25, 0.3) is 0 Å². The molecule has 6 nitrogen and oxygen atoms in total. The van der Waals surface area contributed by atoms with Crippen molar-refractivity contribution in [2.45, 2.75) is 55.8 Å². The van der Waals surface area contributed by atoms with Crippen LogP contribution < -0.4 is 5.32 Å². The number of likely N-dealkylation sites (N-methyl/N-ethyl adjacent to an activating group) is 1. The van der Waals surface area contributed by atoms with Crippen LogP contribution in [0.15, 0.2) is 29.2 Å². The molecule has 1 saturated heterocycles. The fourth-order valence-electron chi connectivity index (χ4n) is 4.74. The van der Waals surface area contributed by atoms with Crippen molar-refractivity contribution in [3.63, 3.8) is 0 Å². The third-order valence-corrected chi connectivity index (χ3v) is 8.30. The largest absolute Gasteiger partial charge is 0.416 e. The van der Waals surface area contributed by atoms with Crippen molar-refractivity contribution in [3.8, 4) is 0 Å². The maximum Gasteiger partial charge on any atom is 0.416 e. The molecule has 1 aliphatic heterocycles. The zero-order chi connectivity index (χ0) is 23.0. The molecule has 0 aromatic heterocycles. The number of hydrogen-bond donors (Lipinski definition) is 1. The minimum absolute atomic E-state index is 0.0117. The highest BCUT2D eigenvalue weighted by Crippen LogP contribution is 2.40. The number of alkyl halides is 3. The lowest BCUT2D eigenvalue weighted by Crippen LogP contribution is -2.49. The quantitative estimate of drug-likeness (QED) is 0.678. The molecule has 2 aliphatic rings. The van der Waals surface area contributed by atoms with E-state index in [-0.39, 0.29) is 41.3 Å². The second-order valence-electron chi connectivity index (χ2n) is 8.73. The zero-order valence-corrected chi connectivity index (χ0v) is 18.8. The number of fused-ring (bicyclic) bond motifs is 1. The molecule has 1 aromatic rings. The minimum atomic E-state index is -4.51. The first kappa shape index (κ1) is 24.0. The highest BCUT2D eigenvalue weighted by molar-refractivity contribution is 7.89. The van der Waals surface area contributed by atoms with Gasteiger partial charge in [0.05, 0.1) is 16.5 Å². The van der Waals surface area contributed by atoms with Crippen molar-refractivity contribution in [1.82, 2.24) is 14.5 Å². The number of sulfonamides is 1. The van der Waals surface area contributed by atoms with Crippen molar-refractivity contribution in [2.24, 2.45) is 11.8 Å². The van der Waals surface area contributed by atoms with Gasteiger partial charge in [0, 0.05) is 19.1 Å². The number of hydrogen-bond acceptors (Lipinski definition) is 4. The van der Waals surface area contributed by atoms with Gasteiger partial charge in [-0.05, 0) is 69.5 Å². The molecule has 2 fully saturated rings. The Kier molecular flexibility index (Phi) is 7.02. The summed E-state index contributed by atoms with van der Waals surface area (Å²) >= 11 is 0. The van der Waals surface area contributed by atoms with Gasteiger partial charge in [-0.25, -0.2) is 8.42 Å². The lowest BCUT2D eigenvalue weighted by Gasteiger charge is -2.27. The van der Waals surface area contributed by atoms with Crippen LogP contribution in [-0.2, 0) is 21.0 Å². The first-order valence-electron chi connectivity index (χ1n) is 10.6. The maximum atomic E-state index is 13.0. The fraction of sp³-hybridized carbons (Fsp3) is 0.667. The molecule has 0 spiro atoms. The molecule has 174 valence electrons. The van der Waals surface area contributed by atoms with Gasteiger partial charge < -0.3 is 5.32 Å². The Bertz CT molecular complexity index is 887. The van der Waals surface area contributed by atoms with Crippen LogP contribution >= 0.6 is 0 Å². The number of benzene rings is 1. The van der Waals surface area contributed by atoms with E-state index in [4.69, 9.17) is 0 Å². The minimum Gasteiger partial charge on any atom is -0.352 e. The van der Waals surface area contributed by atoms with Crippen LogP contribution in [0.4, 0.5) is 13.2 Å². The Morgan fingerprint density at radius 1 is 1.19 bits per heavy atom. The van der Waals surface area contributed by atoms with E-state index in [9.17, 15) is 26.4 Å². The molecular formula is C21H30F3N3O3S. The topological polar surface area (TPSA) is 69.7 Å². The highest BCUT2D eigenvalue weighted by Gasteiger charge is 2.47. The summed E-state index contributed by atoms with van der Waals surface area (Å²) in [5.74, 6) is 0.109. The molecule has 1 aromatic carbocycles. The fourth-order valence-corrected chi connectivity index (χ4v) is 6.28. The molecule has 0 bridgehead atoms. The van der Waals surface area contributed by atoms with Gasteiger partial charge in [-0.2, -0.15) is 17.5 Å². The number of carbonyl (C=O) groups excluding carboxylic acids is 1. The normalized spacial score (nSPS) is 25.6. The molecule has 4 atom stereocenters. The van der Waals surface area contributed by atoms with Crippen molar-refractivity contribution < 1.29 is 26.4 Å². The molecule has 10 heteroatoms. The Hall–Kier alpha value is -1.65. The van der Waals surface area contributed by atoms with E-state index in [0.29, 0.717) is 6.54 Å². The number of nitrogens with zero attached hydrogens (tertiary/aromatic N) is 2. The van der Waals surface area contributed by atoms with Gasteiger partial charge in [0.15, 0.2) is 0 Å². The standard InChI is InChI=1S/C21H30F3N3O3S/c1-4-5-19(26(2)3)20(28)25-18-11-6-14-12-27(13-17(14)18)31(29,30)16-9-7-15(8-10-16)21(22,23)24/h7-10,14,17-19H,4-6,11-13H2,1-3H3,(H,25,28)/t14-,17+,18+,19+/m1/s1. The number of amides is 1. The molecule has 1 N–H and O–H groups in total. The molecule has 1 heterocycles. The van der Waals surface area contributed by atoms with Gasteiger partial charge in [0.2, 0.25) is 15.9 Å². The van der Waals surface area contributed by atoms with Crippen LogP contribution in [0.3, 0.4) is 0 Å². The van der Waals surface area contributed by atoms with E-state index in [2.05, 4.69) is 5.32 Å². The first-order valence-corrected chi connectivity index (χ1v) is 12.0. The second-order valence-corrected chi connectivity index (χ2v) is 10.7. The Morgan fingerprint density at radius 2 is 1.84 bits per heavy atom. The van der Waals surface area contributed by atoms with Crippen molar-refractivity contribution >= 4 is 15.9 Å². The summed E-state index contributed by atoms with van der Waals surface area (Å²) in [6.07, 6.45) is -1.27. The Balaban J connectivity index is 1.69. The summed E-state index contributed by atoms with van der Waals surface area (Å²) in [4.78, 5) is 14.5. The van der Waals surface area contributed by atoms with E-state index in [0.717, 1.165) is 49.9 Å². The van der Waals surface area contributed by atoms with Gasteiger partial charge >= 0.3 is 6.18 Å². The van der Waals surface area contributed by atoms with E-state index in [1.807, 2.05) is 25.9 Å². The van der Waals surface area contributed by atoms with Crippen molar-refractivity contribution in [2.75, 3.05) is 27.2 Å². The van der Waals surface area contributed by atoms with E-state index >= 15 is 0 Å². The van der Waals surface area contributed by atoms with Gasteiger partial charge in [-0.15, -0.1) is 0 Å². The second kappa shape index (κ2) is 9.07. The average Bonchev–Trinajstić information content (AvgIpc) is 3.27. The predicted octanol–water partition coefficient (Wildman–Crippen LogP) is 2.95. The lowest BCUT2D eigenvalue weighted by molar-refractivity contribution is -0.137. The monoisotopic (exact) mass is 461 g/mol. The van der Waals surface area contributed by atoms with Crippen LogP contribution in [0.2, 0.25) is 0 Å². The van der Waals surface area contributed by atoms with Crippen LogP contribution in [0.5, 0.6) is 0 Å². The molecule has 0 unspecified atom stereocenters.